The number of pyridine rings is 1. The fourth-order valence-electron chi connectivity index (χ4n) is 1.50. The van der Waals surface area contributed by atoms with Crippen LogP contribution in [0.4, 0.5) is 5.82 Å². The number of rotatable bonds is 3. The van der Waals surface area contributed by atoms with Crippen molar-refractivity contribution >= 4 is 27.4 Å². The number of sulfonamides is 1. The first-order valence-electron chi connectivity index (χ1n) is 5.94. The monoisotopic (exact) mass is 321 g/mol. The summed E-state index contributed by atoms with van der Waals surface area (Å²) in [4.78, 5) is 4.01. The first-order valence-corrected chi connectivity index (χ1v) is 7.81. The number of nitrogens with two attached hydrogens (primary N) is 1. The Morgan fingerprint density at radius 2 is 1.90 bits per heavy atom. The summed E-state index contributed by atoms with van der Waals surface area (Å²) in [7, 11) is -3.69. The predicted octanol–water partition coefficient (Wildman–Crippen LogP) is 1.85. The van der Waals surface area contributed by atoms with E-state index in [1.807, 2.05) is 0 Å². The Labute approximate surface area is 128 Å². The summed E-state index contributed by atoms with van der Waals surface area (Å²) in [5.41, 5.74) is 5.97. The number of nitrogens with one attached hydrogen (secondary N) is 1. The molecule has 2 rings (SSSR count). The van der Waals surface area contributed by atoms with Gasteiger partial charge in [0.1, 0.15) is 5.82 Å². The van der Waals surface area contributed by atoms with Crippen molar-refractivity contribution in [3.05, 3.63) is 53.2 Å². The molecule has 0 aliphatic carbocycles. The number of hydrogen-bond donors (Lipinski definition) is 2. The number of anilines is 1. The van der Waals surface area contributed by atoms with Gasteiger partial charge in [-0.3, -0.25) is 4.72 Å². The molecule has 0 aliphatic heterocycles. The van der Waals surface area contributed by atoms with Crippen molar-refractivity contribution in [1.29, 1.82) is 0 Å². The van der Waals surface area contributed by atoms with E-state index in [0.717, 1.165) is 0 Å². The van der Waals surface area contributed by atoms with Crippen LogP contribution in [-0.4, -0.2) is 19.9 Å². The van der Waals surface area contributed by atoms with Crippen molar-refractivity contribution in [3.8, 4) is 11.8 Å². The van der Waals surface area contributed by atoms with Gasteiger partial charge in [0.05, 0.1) is 16.5 Å². The Balaban J connectivity index is 2.21. The zero-order valence-electron chi connectivity index (χ0n) is 10.9. The van der Waals surface area contributed by atoms with Crippen molar-refractivity contribution in [3.63, 3.8) is 0 Å². The van der Waals surface area contributed by atoms with Crippen LogP contribution < -0.4 is 10.5 Å². The van der Waals surface area contributed by atoms with E-state index in [2.05, 4.69) is 21.5 Å². The molecule has 7 heteroatoms. The highest BCUT2D eigenvalue weighted by Gasteiger charge is 2.14. The second kappa shape index (κ2) is 6.59. The standard InChI is InChI=1S/C14H12ClN3O2S/c15-12-5-8-14(17-10-12)18-21(19,20)13-6-3-11(4-7-13)2-1-9-16/h3-8,10H,9,16H2,(H,17,18). The minimum Gasteiger partial charge on any atom is -0.320 e. The molecule has 1 aromatic carbocycles. The molecule has 1 heterocycles. The minimum atomic E-state index is -3.69. The lowest BCUT2D eigenvalue weighted by atomic mass is 10.2. The molecule has 0 aliphatic rings. The topological polar surface area (TPSA) is 85.1 Å². The van der Waals surface area contributed by atoms with E-state index in [0.29, 0.717) is 10.6 Å². The first kappa shape index (κ1) is 15.3. The van der Waals surface area contributed by atoms with E-state index in [1.165, 1.54) is 24.4 Å². The second-order valence-electron chi connectivity index (χ2n) is 4.00. The molecule has 2 aromatic rings. The van der Waals surface area contributed by atoms with Crippen molar-refractivity contribution in [2.45, 2.75) is 4.90 Å². The van der Waals surface area contributed by atoms with Crippen LogP contribution in [0.25, 0.3) is 0 Å². The Hall–Kier alpha value is -2.07. The molecule has 1 aromatic heterocycles. The van der Waals surface area contributed by atoms with Gasteiger partial charge in [-0.05, 0) is 36.4 Å². The van der Waals surface area contributed by atoms with Gasteiger partial charge in [0.25, 0.3) is 10.0 Å². The number of aromatic nitrogens is 1. The SMILES string of the molecule is NCC#Cc1ccc(S(=O)(=O)Nc2ccc(Cl)cn2)cc1. The van der Waals surface area contributed by atoms with Gasteiger partial charge in [0.15, 0.2) is 0 Å². The van der Waals surface area contributed by atoms with Gasteiger partial charge in [-0.25, -0.2) is 13.4 Å². The van der Waals surface area contributed by atoms with E-state index >= 15 is 0 Å². The molecule has 0 atom stereocenters. The van der Waals surface area contributed by atoms with Crippen molar-refractivity contribution < 1.29 is 8.42 Å². The lowest BCUT2D eigenvalue weighted by molar-refractivity contribution is 0.601. The van der Waals surface area contributed by atoms with Gasteiger partial charge in [-0.2, -0.15) is 0 Å². The number of halogens is 1. The number of benzene rings is 1. The molecule has 0 spiro atoms. The van der Waals surface area contributed by atoms with Crippen LogP contribution in [0.1, 0.15) is 5.56 Å². The molecular formula is C14H12ClN3O2S. The number of hydrogen-bond acceptors (Lipinski definition) is 4. The highest BCUT2D eigenvalue weighted by molar-refractivity contribution is 7.92. The largest absolute Gasteiger partial charge is 0.320 e. The van der Waals surface area contributed by atoms with Gasteiger partial charge in [-0.15, -0.1) is 0 Å². The van der Waals surface area contributed by atoms with E-state index in [-0.39, 0.29) is 17.3 Å². The number of nitrogens with zero attached hydrogens (tertiary/aromatic N) is 1. The van der Waals surface area contributed by atoms with E-state index < -0.39 is 10.0 Å². The molecule has 0 saturated carbocycles. The summed E-state index contributed by atoms with van der Waals surface area (Å²) in [6, 6.07) is 9.22. The fourth-order valence-corrected chi connectivity index (χ4v) is 2.62. The average molecular weight is 322 g/mol. The Kier molecular flexibility index (Phi) is 4.81. The van der Waals surface area contributed by atoms with E-state index in [9.17, 15) is 8.42 Å². The highest BCUT2D eigenvalue weighted by Crippen LogP contribution is 2.16. The molecule has 0 radical (unpaired) electrons. The molecule has 0 unspecified atom stereocenters. The van der Waals surface area contributed by atoms with Gasteiger partial charge >= 0.3 is 0 Å². The lowest BCUT2D eigenvalue weighted by Crippen LogP contribution is -2.13. The first-order chi connectivity index (χ1) is 10.0. The molecule has 0 bridgehead atoms. The Bertz CT molecular complexity index is 776. The molecule has 5 nitrogen and oxygen atoms in total. The summed E-state index contributed by atoms with van der Waals surface area (Å²) in [6.45, 7) is 0.254. The van der Waals surface area contributed by atoms with Crippen molar-refractivity contribution in [1.82, 2.24) is 4.98 Å². The van der Waals surface area contributed by atoms with Crippen LogP contribution in [-0.2, 0) is 10.0 Å². The van der Waals surface area contributed by atoms with Crippen LogP contribution in [0.15, 0.2) is 47.5 Å². The average Bonchev–Trinajstić information content (AvgIpc) is 2.48. The van der Waals surface area contributed by atoms with Crippen LogP contribution in [0.3, 0.4) is 0 Å². The molecule has 0 saturated heterocycles. The normalized spacial score (nSPS) is 10.6. The van der Waals surface area contributed by atoms with Gasteiger partial charge < -0.3 is 5.73 Å². The maximum absolute atomic E-state index is 12.2. The Morgan fingerprint density at radius 3 is 2.48 bits per heavy atom. The third-order valence-corrected chi connectivity index (χ3v) is 4.06. The molecule has 0 amide bonds. The van der Waals surface area contributed by atoms with Crippen molar-refractivity contribution in [2.24, 2.45) is 5.73 Å². The zero-order chi connectivity index (χ0) is 15.3. The van der Waals surface area contributed by atoms with Crippen molar-refractivity contribution in [2.75, 3.05) is 11.3 Å². The smallest absolute Gasteiger partial charge is 0.263 e. The maximum Gasteiger partial charge on any atom is 0.263 e. The molecule has 3 N–H and O–H groups in total. The fraction of sp³-hybridized carbons (Fsp3) is 0.0714. The van der Waals surface area contributed by atoms with Gasteiger partial charge in [0.2, 0.25) is 0 Å². The summed E-state index contributed by atoms with van der Waals surface area (Å²) in [5.74, 6) is 5.72. The zero-order valence-corrected chi connectivity index (χ0v) is 12.4. The van der Waals surface area contributed by atoms with E-state index in [4.69, 9.17) is 17.3 Å². The second-order valence-corrected chi connectivity index (χ2v) is 6.12. The highest BCUT2D eigenvalue weighted by atomic mass is 35.5. The summed E-state index contributed by atoms with van der Waals surface area (Å²) < 4.78 is 26.7. The third-order valence-electron chi connectivity index (χ3n) is 2.47. The van der Waals surface area contributed by atoms with Gasteiger partial charge in [-0.1, -0.05) is 23.4 Å². The van der Waals surface area contributed by atoms with Crippen LogP contribution in [0, 0.1) is 11.8 Å². The Morgan fingerprint density at radius 1 is 1.19 bits per heavy atom. The van der Waals surface area contributed by atoms with Crippen LogP contribution in [0.2, 0.25) is 5.02 Å². The molecule has 108 valence electrons. The van der Waals surface area contributed by atoms with Gasteiger partial charge in [0, 0.05) is 11.8 Å². The van der Waals surface area contributed by atoms with Crippen LogP contribution in [0.5, 0.6) is 0 Å². The molecule has 21 heavy (non-hydrogen) atoms. The maximum atomic E-state index is 12.2. The summed E-state index contributed by atoms with van der Waals surface area (Å²) in [6.07, 6.45) is 1.37. The predicted molar refractivity (Wildman–Crippen MR) is 82.4 cm³/mol. The molecular weight excluding hydrogens is 310 g/mol. The minimum absolute atomic E-state index is 0.123. The summed E-state index contributed by atoms with van der Waals surface area (Å²) in [5, 5.41) is 0.431. The third kappa shape index (κ3) is 4.20. The quantitative estimate of drug-likeness (QED) is 0.845. The van der Waals surface area contributed by atoms with E-state index in [1.54, 1.807) is 18.2 Å². The van der Waals surface area contributed by atoms with Crippen LogP contribution >= 0.6 is 11.6 Å². The summed E-state index contributed by atoms with van der Waals surface area (Å²) >= 11 is 5.70. The molecule has 0 fully saturated rings. The lowest BCUT2D eigenvalue weighted by Gasteiger charge is -2.07.